The van der Waals surface area contributed by atoms with Crippen LogP contribution < -0.4 is 0 Å². The smallest absolute Gasteiger partial charge is 0.164 e. The van der Waals surface area contributed by atoms with E-state index in [-0.39, 0.29) is 17.6 Å². The van der Waals surface area contributed by atoms with Crippen LogP contribution in [0.25, 0.3) is 0 Å². The highest BCUT2D eigenvalue weighted by molar-refractivity contribution is 5.98. The fourth-order valence-electron chi connectivity index (χ4n) is 3.66. The van der Waals surface area contributed by atoms with E-state index in [0.717, 1.165) is 11.1 Å². The third-order valence-corrected chi connectivity index (χ3v) is 5.29. The Morgan fingerprint density at radius 3 is 1.75 bits per heavy atom. The van der Waals surface area contributed by atoms with E-state index in [2.05, 4.69) is 64.1 Å². The van der Waals surface area contributed by atoms with Crippen molar-refractivity contribution in [2.75, 3.05) is 0 Å². The van der Waals surface area contributed by atoms with Crippen LogP contribution in [-0.2, 0) is 0 Å². The molecule has 0 saturated heterocycles. The van der Waals surface area contributed by atoms with E-state index in [4.69, 9.17) is 0 Å². The van der Waals surface area contributed by atoms with Crippen molar-refractivity contribution in [3.05, 3.63) is 107 Å². The molecule has 1 radical (unpaired) electrons. The van der Waals surface area contributed by atoms with Gasteiger partial charge in [-0.05, 0) is 40.2 Å². The van der Waals surface area contributed by atoms with E-state index in [9.17, 15) is 4.79 Å². The first-order valence-electron chi connectivity index (χ1n) is 10.2. The lowest BCUT2D eigenvalue weighted by molar-refractivity contribution is 0.0976. The zero-order valence-electron chi connectivity index (χ0n) is 17.3. The number of carbonyl (C=O) groups is 1. The van der Waals surface area contributed by atoms with Gasteiger partial charge in [-0.2, -0.15) is 0 Å². The first kappa shape index (κ1) is 20.1. The minimum absolute atomic E-state index is 0.0553. The first-order valence-corrected chi connectivity index (χ1v) is 10.2. The lowest BCUT2D eigenvalue weighted by atomic mass is 9.83. The van der Waals surface area contributed by atoms with Crippen LogP contribution in [0.2, 0.25) is 0 Å². The molecule has 0 bridgehead atoms. The van der Waals surface area contributed by atoms with Crippen molar-refractivity contribution in [3.8, 4) is 0 Å². The van der Waals surface area contributed by atoms with Gasteiger partial charge in [-0.25, -0.2) is 0 Å². The van der Waals surface area contributed by atoms with Gasteiger partial charge in [0.25, 0.3) is 0 Å². The highest BCUT2D eigenvalue weighted by Crippen LogP contribution is 2.32. The molecule has 0 atom stereocenters. The zero-order chi connectivity index (χ0) is 20.1. The van der Waals surface area contributed by atoms with Crippen molar-refractivity contribution in [2.45, 2.75) is 51.9 Å². The third-order valence-electron chi connectivity index (χ3n) is 5.29. The van der Waals surface area contributed by atoms with Crippen molar-refractivity contribution in [2.24, 2.45) is 0 Å². The van der Waals surface area contributed by atoms with E-state index in [1.165, 1.54) is 16.7 Å². The maximum atomic E-state index is 13.4. The molecule has 0 heterocycles. The zero-order valence-corrected chi connectivity index (χ0v) is 17.3. The van der Waals surface area contributed by atoms with E-state index in [0.29, 0.717) is 12.3 Å². The Kier molecular flexibility index (Phi) is 6.46. The standard InChI is InChI=1S/C27H29O/c1-19(2)23-15-16-24(25(17-23)20(3)4)27(28)18-26(21-11-7-5-8-12-21)22-13-9-6-10-14-22/h5-16,19-20,26H,18H2,1-4H3. The predicted octanol–water partition coefficient (Wildman–Crippen LogP) is 7.14. The van der Waals surface area contributed by atoms with Gasteiger partial charge in [0.1, 0.15) is 0 Å². The molecule has 0 amide bonds. The molecule has 1 nitrogen and oxygen atoms in total. The van der Waals surface area contributed by atoms with E-state index >= 15 is 0 Å². The Bertz CT molecular complexity index is 868. The van der Waals surface area contributed by atoms with Crippen LogP contribution in [0.4, 0.5) is 0 Å². The molecule has 0 unspecified atom stereocenters. The molecule has 3 aromatic carbocycles. The molecule has 3 aromatic rings. The number of benzene rings is 3. The second kappa shape index (κ2) is 9.01. The summed E-state index contributed by atoms with van der Waals surface area (Å²) < 4.78 is 0. The average molecular weight is 370 g/mol. The minimum Gasteiger partial charge on any atom is -0.294 e. The summed E-state index contributed by atoms with van der Waals surface area (Å²) in [6.45, 7) is 8.60. The Hall–Kier alpha value is -2.67. The Morgan fingerprint density at radius 1 is 0.750 bits per heavy atom. The summed E-state index contributed by atoms with van der Waals surface area (Å²) in [5.74, 6) is 0.917. The molecule has 28 heavy (non-hydrogen) atoms. The molecule has 0 fully saturated rings. The average Bonchev–Trinajstić information content (AvgIpc) is 2.72. The molecule has 3 rings (SSSR count). The monoisotopic (exact) mass is 369 g/mol. The molecular formula is C27H29O. The fraction of sp³-hybridized carbons (Fsp3) is 0.296. The highest BCUT2D eigenvalue weighted by atomic mass is 16.1. The fourth-order valence-corrected chi connectivity index (χ4v) is 3.66. The van der Waals surface area contributed by atoms with Crippen molar-refractivity contribution >= 4 is 5.78 Å². The Labute approximate surface area is 169 Å². The van der Waals surface area contributed by atoms with Gasteiger partial charge in [0.15, 0.2) is 5.78 Å². The SMILES string of the molecule is CC(C)c1[c]c(C(C)C)c(C(=O)CC(c2ccccc2)c2ccccc2)cc1. The topological polar surface area (TPSA) is 17.1 Å². The lowest BCUT2D eigenvalue weighted by Gasteiger charge is -2.20. The maximum absolute atomic E-state index is 13.4. The second-order valence-corrected chi connectivity index (χ2v) is 8.05. The van der Waals surface area contributed by atoms with Crippen LogP contribution in [0.1, 0.15) is 84.5 Å². The van der Waals surface area contributed by atoms with Crippen molar-refractivity contribution < 1.29 is 4.79 Å². The van der Waals surface area contributed by atoms with E-state index in [1.807, 2.05) is 42.5 Å². The molecule has 0 aromatic heterocycles. The summed E-state index contributed by atoms with van der Waals surface area (Å²) in [5, 5.41) is 0. The van der Waals surface area contributed by atoms with Gasteiger partial charge in [-0.3, -0.25) is 4.79 Å². The van der Waals surface area contributed by atoms with Gasteiger partial charge in [0.05, 0.1) is 0 Å². The van der Waals surface area contributed by atoms with Crippen LogP contribution in [-0.4, -0.2) is 5.78 Å². The summed E-state index contributed by atoms with van der Waals surface area (Å²) in [6, 6.07) is 28.3. The van der Waals surface area contributed by atoms with Crippen molar-refractivity contribution in [1.29, 1.82) is 0 Å². The molecule has 143 valence electrons. The second-order valence-electron chi connectivity index (χ2n) is 8.05. The maximum Gasteiger partial charge on any atom is 0.164 e. The number of ketones is 1. The van der Waals surface area contributed by atoms with Gasteiger partial charge in [0, 0.05) is 17.9 Å². The first-order chi connectivity index (χ1) is 13.5. The molecular weight excluding hydrogens is 340 g/mol. The van der Waals surface area contributed by atoms with Gasteiger partial charge in [-0.1, -0.05) is 100 Å². The van der Waals surface area contributed by atoms with Crippen molar-refractivity contribution in [3.63, 3.8) is 0 Å². The predicted molar refractivity (Wildman–Crippen MR) is 117 cm³/mol. The van der Waals surface area contributed by atoms with E-state index < -0.39 is 0 Å². The van der Waals surface area contributed by atoms with Crippen LogP contribution in [0.15, 0.2) is 72.8 Å². The van der Waals surface area contributed by atoms with E-state index in [1.54, 1.807) is 0 Å². The minimum atomic E-state index is 0.0553. The number of rotatable bonds is 7. The lowest BCUT2D eigenvalue weighted by Crippen LogP contribution is -2.12. The summed E-state index contributed by atoms with van der Waals surface area (Å²) in [5.41, 5.74) is 5.38. The van der Waals surface area contributed by atoms with Crippen LogP contribution in [0, 0.1) is 6.07 Å². The molecule has 1 heteroatoms. The number of hydrogen-bond acceptors (Lipinski definition) is 1. The number of carbonyl (C=O) groups excluding carboxylic acids is 1. The summed E-state index contributed by atoms with van der Waals surface area (Å²) in [4.78, 5) is 13.4. The highest BCUT2D eigenvalue weighted by Gasteiger charge is 2.22. The van der Waals surface area contributed by atoms with Crippen LogP contribution in [0.3, 0.4) is 0 Å². The third kappa shape index (κ3) is 4.59. The van der Waals surface area contributed by atoms with Gasteiger partial charge < -0.3 is 0 Å². The molecule has 0 spiro atoms. The van der Waals surface area contributed by atoms with Crippen LogP contribution in [0.5, 0.6) is 0 Å². The summed E-state index contributed by atoms with van der Waals surface area (Å²) in [7, 11) is 0. The summed E-state index contributed by atoms with van der Waals surface area (Å²) in [6.07, 6.45) is 0.461. The normalized spacial score (nSPS) is 11.4. The largest absolute Gasteiger partial charge is 0.294 e. The van der Waals surface area contributed by atoms with Crippen molar-refractivity contribution in [1.82, 2.24) is 0 Å². The molecule has 0 N–H and O–H groups in total. The Balaban J connectivity index is 1.97. The Morgan fingerprint density at radius 2 is 1.29 bits per heavy atom. The molecule has 0 saturated carbocycles. The number of hydrogen-bond donors (Lipinski definition) is 0. The number of Topliss-reactive ketones (excluding diaryl/α,β-unsaturated/α-hetero) is 1. The quantitative estimate of drug-likeness (QED) is 0.405. The van der Waals surface area contributed by atoms with Gasteiger partial charge in [0.2, 0.25) is 0 Å². The van der Waals surface area contributed by atoms with Gasteiger partial charge >= 0.3 is 0 Å². The van der Waals surface area contributed by atoms with Crippen LogP contribution >= 0.6 is 0 Å². The summed E-state index contributed by atoms with van der Waals surface area (Å²) >= 11 is 0. The van der Waals surface area contributed by atoms with Gasteiger partial charge in [-0.15, -0.1) is 0 Å². The molecule has 0 aliphatic rings. The molecule has 0 aliphatic carbocycles. The molecule has 0 aliphatic heterocycles.